The molecular weight excluding hydrogens is 418 g/mol. The van der Waals surface area contributed by atoms with E-state index in [9.17, 15) is 18.0 Å². The Labute approximate surface area is 172 Å². The number of amides is 1. The van der Waals surface area contributed by atoms with Crippen LogP contribution in [0.3, 0.4) is 0 Å². The van der Waals surface area contributed by atoms with E-state index in [-0.39, 0.29) is 54.3 Å². The number of ether oxygens (including phenoxy) is 1. The molecule has 0 aliphatic heterocycles. The van der Waals surface area contributed by atoms with Gasteiger partial charge in [0.25, 0.3) is 0 Å². The smallest absolute Gasteiger partial charge is 0.416 e. The Hall–Kier alpha value is -2.03. The van der Waals surface area contributed by atoms with Crippen LogP contribution in [0.2, 0.25) is 0 Å². The van der Waals surface area contributed by atoms with Gasteiger partial charge < -0.3 is 15.8 Å². The Balaban J connectivity index is 0.00000196. The van der Waals surface area contributed by atoms with Crippen LogP contribution in [-0.4, -0.2) is 16.9 Å². The van der Waals surface area contributed by atoms with E-state index in [2.05, 4.69) is 10.3 Å². The van der Waals surface area contributed by atoms with Gasteiger partial charge in [-0.05, 0) is 49.6 Å². The fourth-order valence-corrected chi connectivity index (χ4v) is 2.85. The maximum atomic E-state index is 12.5. The molecule has 0 bridgehead atoms. The van der Waals surface area contributed by atoms with E-state index in [0.717, 1.165) is 25.0 Å². The maximum Gasteiger partial charge on any atom is 0.416 e. The Morgan fingerprint density at radius 1 is 1.11 bits per heavy atom. The van der Waals surface area contributed by atoms with Gasteiger partial charge in [0.15, 0.2) is 0 Å². The van der Waals surface area contributed by atoms with Gasteiger partial charge in [0, 0.05) is 18.0 Å². The number of alkyl halides is 3. The summed E-state index contributed by atoms with van der Waals surface area (Å²) in [6.07, 6.45) is -0.660. The molecule has 154 valence electrons. The fraction of sp³-hybridized carbons (Fsp3) is 0.333. The third kappa shape index (κ3) is 6.25. The van der Waals surface area contributed by atoms with Crippen LogP contribution in [-0.2, 0) is 11.0 Å². The molecule has 0 radical (unpaired) electrons. The van der Waals surface area contributed by atoms with E-state index in [1.165, 1.54) is 24.4 Å². The molecule has 1 aliphatic rings. The lowest BCUT2D eigenvalue weighted by Crippen LogP contribution is -2.23. The molecule has 1 aromatic heterocycles. The summed E-state index contributed by atoms with van der Waals surface area (Å²) in [5.41, 5.74) is 5.59. The summed E-state index contributed by atoms with van der Waals surface area (Å²) in [4.78, 5) is 16.2. The van der Waals surface area contributed by atoms with Crippen molar-refractivity contribution in [1.82, 2.24) is 4.98 Å². The van der Waals surface area contributed by atoms with E-state index in [4.69, 9.17) is 10.5 Å². The monoisotopic (exact) mass is 437 g/mol. The van der Waals surface area contributed by atoms with Gasteiger partial charge in [-0.25, -0.2) is 4.98 Å². The van der Waals surface area contributed by atoms with Crippen molar-refractivity contribution in [3.05, 3.63) is 48.2 Å². The average molecular weight is 438 g/mol. The molecule has 10 heteroatoms. The quantitative estimate of drug-likeness (QED) is 0.719. The molecule has 1 aliphatic carbocycles. The number of aromatic nitrogens is 1. The molecule has 5 nitrogen and oxygen atoms in total. The van der Waals surface area contributed by atoms with Crippen molar-refractivity contribution in [2.24, 2.45) is 11.7 Å². The predicted octanol–water partition coefficient (Wildman–Crippen LogP) is 4.80. The zero-order valence-corrected chi connectivity index (χ0v) is 16.2. The topological polar surface area (TPSA) is 77.2 Å². The van der Waals surface area contributed by atoms with Gasteiger partial charge in [-0.15, -0.1) is 24.8 Å². The van der Waals surface area contributed by atoms with Gasteiger partial charge in [-0.3, -0.25) is 4.79 Å². The first-order chi connectivity index (χ1) is 12.3. The van der Waals surface area contributed by atoms with E-state index in [1.54, 1.807) is 6.07 Å². The van der Waals surface area contributed by atoms with Crippen LogP contribution >= 0.6 is 24.8 Å². The molecule has 1 amide bonds. The van der Waals surface area contributed by atoms with Gasteiger partial charge in [0.05, 0.1) is 17.4 Å². The second-order valence-corrected chi connectivity index (χ2v) is 6.27. The molecule has 3 N–H and O–H groups in total. The SMILES string of the molecule is Cl.Cl.NC1CCC(C(=O)Nc2ccc(Oc3ccc(C(F)(F)F)cc3)nc2)C1. The Bertz CT molecular complexity index is 771. The summed E-state index contributed by atoms with van der Waals surface area (Å²) in [6.45, 7) is 0. The summed E-state index contributed by atoms with van der Waals surface area (Å²) in [7, 11) is 0. The largest absolute Gasteiger partial charge is 0.439 e. The van der Waals surface area contributed by atoms with Crippen LogP contribution in [0.5, 0.6) is 11.6 Å². The number of hydrogen-bond acceptors (Lipinski definition) is 4. The molecule has 2 atom stereocenters. The van der Waals surface area contributed by atoms with Gasteiger partial charge in [-0.1, -0.05) is 0 Å². The molecule has 0 saturated heterocycles. The minimum absolute atomic E-state index is 0. The van der Waals surface area contributed by atoms with Crippen LogP contribution in [0.1, 0.15) is 24.8 Å². The van der Waals surface area contributed by atoms with Gasteiger partial charge >= 0.3 is 6.18 Å². The number of carbonyl (C=O) groups excluding carboxylic acids is 1. The number of halogens is 5. The standard InChI is InChI=1S/C18H18F3N3O2.2ClH/c19-18(20,21)12-2-6-15(7-3-12)26-16-8-5-14(10-23-16)24-17(25)11-1-4-13(22)9-11;;/h2-3,5-8,10-11,13H,1,4,9,22H2,(H,24,25);2*1H. The first kappa shape index (κ1) is 24.0. The zero-order valence-electron chi connectivity index (χ0n) is 14.6. The number of hydrogen-bond donors (Lipinski definition) is 2. The van der Waals surface area contributed by atoms with Gasteiger partial charge in [0.1, 0.15) is 5.75 Å². The highest BCUT2D eigenvalue weighted by Gasteiger charge is 2.30. The van der Waals surface area contributed by atoms with Crippen molar-refractivity contribution in [1.29, 1.82) is 0 Å². The lowest BCUT2D eigenvalue weighted by molar-refractivity contribution is -0.137. The average Bonchev–Trinajstić information content (AvgIpc) is 3.03. The number of rotatable bonds is 4. The fourth-order valence-electron chi connectivity index (χ4n) is 2.85. The number of nitrogens with one attached hydrogen (secondary N) is 1. The maximum absolute atomic E-state index is 12.5. The first-order valence-electron chi connectivity index (χ1n) is 8.19. The number of nitrogens with two attached hydrogens (primary N) is 1. The summed E-state index contributed by atoms with van der Waals surface area (Å²) in [5.74, 6) is 0.275. The minimum Gasteiger partial charge on any atom is -0.439 e. The lowest BCUT2D eigenvalue weighted by atomic mass is 10.1. The van der Waals surface area contributed by atoms with Gasteiger partial charge in [0.2, 0.25) is 11.8 Å². The lowest BCUT2D eigenvalue weighted by Gasteiger charge is -2.11. The second-order valence-electron chi connectivity index (χ2n) is 6.27. The molecular formula is C18H20Cl2F3N3O2. The molecule has 1 heterocycles. The first-order valence-corrected chi connectivity index (χ1v) is 8.19. The Morgan fingerprint density at radius 3 is 2.29 bits per heavy atom. The molecule has 1 fully saturated rings. The molecule has 2 unspecified atom stereocenters. The van der Waals surface area contributed by atoms with E-state index in [0.29, 0.717) is 12.1 Å². The number of nitrogens with zero attached hydrogens (tertiary/aromatic N) is 1. The van der Waals surface area contributed by atoms with Crippen molar-refractivity contribution in [3.8, 4) is 11.6 Å². The molecule has 1 saturated carbocycles. The third-order valence-corrected chi connectivity index (χ3v) is 4.25. The normalized spacial score (nSPS) is 18.6. The van der Waals surface area contributed by atoms with Gasteiger partial charge in [-0.2, -0.15) is 13.2 Å². The second kappa shape index (κ2) is 9.95. The molecule has 0 spiro atoms. The van der Waals surface area contributed by atoms with Crippen LogP contribution in [0.4, 0.5) is 18.9 Å². The van der Waals surface area contributed by atoms with E-state index >= 15 is 0 Å². The highest BCUT2D eigenvalue weighted by Crippen LogP contribution is 2.31. The van der Waals surface area contributed by atoms with Crippen molar-refractivity contribution in [2.75, 3.05) is 5.32 Å². The number of anilines is 1. The van der Waals surface area contributed by atoms with Crippen molar-refractivity contribution >= 4 is 36.4 Å². The minimum atomic E-state index is -4.39. The highest BCUT2D eigenvalue weighted by molar-refractivity contribution is 5.92. The summed E-state index contributed by atoms with van der Waals surface area (Å²) in [6, 6.07) is 7.57. The Kier molecular flexibility index (Phi) is 8.53. The predicted molar refractivity (Wildman–Crippen MR) is 104 cm³/mol. The summed E-state index contributed by atoms with van der Waals surface area (Å²) >= 11 is 0. The van der Waals surface area contributed by atoms with Crippen molar-refractivity contribution < 1.29 is 22.7 Å². The Morgan fingerprint density at radius 2 is 1.79 bits per heavy atom. The van der Waals surface area contributed by atoms with Crippen molar-refractivity contribution in [2.45, 2.75) is 31.5 Å². The van der Waals surface area contributed by atoms with E-state index in [1.807, 2.05) is 0 Å². The van der Waals surface area contributed by atoms with Crippen molar-refractivity contribution in [3.63, 3.8) is 0 Å². The zero-order chi connectivity index (χ0) is 18.7. The van der Waals surface area contributed by atoms with Crippen LogP contribution in [0.25, 0.3) is 0 Å². The number of pyridine rings is 1. The van der Waals surface area contributed by atoms with Crippen LogP contribution in [0, 0.1) is 5.92 Å². The molecule has 2 aromatic rings. The molecule has 28 heavy (non-hydrogen) atoms. The summed E-state index contributed by atoms with van der Waals surface area (Å²) in [5, 5.41) is 2.78. The van der Waals surface area contributed by atoms with Crippen LogP contribution in [0.15, 0.2) is 42.6 Å². The molecule has 1 aromatic carbocycles. The molecule has 3 rings (SSSR count). The third-order valence-electron chi connectivity index (χ3n) is 4.25. The highest BCUT2D eigenvalue weighted by atomic mass is 35.5. The number of benzene rings is 1. The number of carbonyl (C=O) groups is 1. The van der Waals surface area contributed by atoms with E-state index < -0.39 is 11.7 Å². The van der Waals surface area contributed by atoms with Crippen LogP contribution < -0.4 is 15.8 Å². The summed E-state index contributed by atoms with van der Waals surface area (Å²) < 4.78 is 43.0.